The molecule has 0 spiro atoms. The first kappa shape index (κ1) is 19.2. The first-order valence-corrected chi connectivity index (χ1v) is 11.0. The predicted octanol–water partition coefficient (Wildman–Crippen LogP) is 5.07. The van der Waals surface area contributed by atoms with Crippen LogP contribution in [0, 0.1) is 0 Å². The Bertz CT molecular complexity index is 1290. The molecule has 2 aromatic heterocycles. The molecule has 0 saturated carbocycles. The minimum absolute atomic E-state index is 0.414. The summed E-state index contributed by atoms with van der Waals surface area (Å²) in [7, 11) is -3.31. The third kappa shape index (κ3) is 4.64. The van der Waals surface area contributed by atoms with E-state index in [9.17, 15) is 8.42 Å². The highest BCUT2D eigenvalue weighted by atomic mass is 35.5. The van der Waals surface area contributed by atoms with Gasteiger partial charge in [-0.15, -0.1) is 0 Å². The van der Waals surface area contributed by atoms with Crippen LogP contribution in [-0.2, 0) is 10.0 Å². The van der Waals surface area contributed by atoms with E-state index >= 15 is 0 Å². The Kier molecular flexibility index (Phi) is 5.08. The Morgan fingerprint density at radius 3 is 2.41 bits per heavy atom. The number of halogens is 1. The van der Waals surface area contributed by atoms with E-state index in [1.165, 1.54) is 0 Å². The molecule has 0 bridgehead atoms. The SMILES string of the molecule is CS(=O)(=O)Nc1ccc(-c2cnc3cccc(Nc4cccc(Cl)n4)c3c2)cc1. The predicted molar refractivity (Wildman–Crippen MR) is 118 cm³/mol. The van der Waals surface area contributed by atoms with Crippen molar-refractivity contribution in [2.24, 2.45) is 0 Å². The van der Waals surface area contributed by atoms with E-state index in [1.807, 2.05) is 48.5 Å². The second kappa shape index (κ2) is 7.69. The number of sulfonamides is 1. The molecular weight excluding hydrogens is 408 g/mol. The summed E-state index contributed by atoms with van der Waals surface area (Å²) in [5, 5.41) is 4.64. The zero-order valence-electron chi connectivity index (χ0n) is 15.4. The Labute approximate surface area is 173 Å². The van der Waals surface area contributed by atoms with Crippen molar-refractivity contribution in [2.45, 2.75) is 0 Å². The fraction of sp³-hybridized carbons (Fsp3) is 0.0476. The number of nitrogens with one attached hydrogen (secondary N) is 2. The first-order valence-electron chi connectivity index (χ1n) is 8.74. The summed E-state index contributed by atoms with van der Waals surface area (Å²) in [6.07, 6.45) is 2.92. The third-order valence-electron chi connectivity index (χ3n) is 4.22. The second-order valence-corrected chi connectivity index (χ2v) is 8.65. The molecule has 0 fully saturated rings. The average molecular weight is 425 g/mol. The van der Waals surface area contributed by atoms with Crippen LogP contribution in [-0.4, -0.2) is 24.6 Å². The minimum Gasteiger partial charge on any atom is -0.340 e. The van der Waals surface area contributed by atoms with Crippen LogP contribution in [0.15, 0.2) is 72.9 Å². The molecule has 0 unspecified atom stereocenters. The van der Waals surface area contributed by atoms with E-state index in [2.05, 4.69) is 20.0 Å². The summed E-state index contributed by atoms with van der Waals surface area (Å²) in [4.78, 5) is 8.83. The summed E-state index contributed by atoms with van der Waals surface area (Å²) >= 11 is 5.98. The van der Waals surface area contributed by atoms with Gasteiger partial charge in [0.2, 0.25) is 10.0 Å². The lowest BCUT2D eigenvalue weighted by Crippen LogP contribution is -2.09. The topological polar surface area (TPSA) is 84.0 Å². The average Bonchev–Trinajstić information content (AvgIpc) is 2.67. The summed E-state index contributed by atoms with van der Waals surface area (Å²) in [5.41, 5.74) is 4.06. The zero-order valence-corrected chi connectivity index (χ0v) is 17.0. The van der Waals surface area contributed by atoms with Crippen molar-refractivity contribution in [1.82, 2.24) is 9.97 Å². The van der Waals surface area contributed by atoms with Crippen molar-refractivity contribution >= 4 is 49.7 Å². The van der Waals surface area contributed by atoms with Gasteiger partial charge in [0.25, 0.3) is 0 Å². The second-order valence-electron chi connectivity index (χ2n) is 6.52. The molecule has 8 heteroatoms. The fourth-order valence-electron chi connectivity index (χ4n) is 2.98. The number of anilines is 3. The molecule has 6 nitrogen and oxygen atoms in total. The van der Waals surface area contributed by atoms with E-state index in [0.717, 1.165) is 34.0 Å². The van der Waals surface area contributed by atoms with Gasteiger partial charge in [-0.05, 0) is 48.0 Å². The maximum Gasteiger partial charge on any atom is 0.229 e. The van der Waals surface area contributed by atoms with Gasteiger partial charge < -0.3 is 5.32 Å². The molecule has 29 heavy (non-hydrogen) atoms. The van der Waals surface area contributed by atoms with E-state index in [0.29, 0.717) is 16.7 Å². The van der Waals surface area contributed by atoms with Crippen molar-refractivity contribution in [3.05, 3.63) is 78.1 Å². The summed E-state index contributed by atoms with van der Waals surface area (Å²) in [6.45, 7) is 0. The minimum atomic E-state index is -3.31. The Morgan fingerprint density at radius 2 is 1.69 bits per heavy atom. The molecule has 0 saturated heterocycles. The van der Waals surface area contributed by atoms with Gasteiger partial charge in [-0.25, -0.2) is 13.4 Å². The summed E-state index contributed by atoms with van der Waals surface area (Å²) in [6, 6.07) is 20.4. The zero-order chi connectivity index (χ0) is 20.4. The quantitative estimate of drug-likeness (QED) is 0.437. The highest BCUT2D eigenvalue weighted by molar-refractivity contribution is 7.92. The van der Waals surface area contributed by atoms with Crippen LogP contribution in [0.1, 0.15) is 0 Å². The van der Waals surface area contributed by atoms with Gasteiger partial charge >= 0.3 is 0 Å². The maximum atomic E-state index is 11.4. The molecule has 0 aliphatic carbocycles. The number of benzene rings is 2. The number of hydrogen-bond donors (Lipinski definition) is 2. The van der Waals surface area contributed by atoms with Gasteiger partial charge in [-0.3, -0.25) is 9.71 Å². The van der Waals surface area contributed by atoms with Crippen LogP contribution < -0.4 is 10.0 Å². The number of hydrogen-bond acceptors (Lipinski definition) is 5. The van der Waals surface area contributed by atoms with Gasteiger partial charge in [0, 0.05) is 28.5 Å². The summed E-state index contributed by atoms with van der Waals surface area (Å²) < 4.78 is 25.2. The van der Waals surface area contributed by atoms with E-state index in [4.69, 9.17) is 11.6 Å². The van der Waals surface area contributed by atoms with E-state index in [1.54, 1.807) is 24.4 Å². The molecule has 2 N–H and O–H groups in total. The largest absolute Gasteiger partial charge is 0.340 e. The molecule has 2 aromatic carbocycles. The first-order chi connectivity index (χ1) is 13.9. The number of nitrogens with zero attached hydrogens (tertiary/aromatic N) is 2. The molecule has 0 amide bonds. The van der Waals surface area contributed by atoms with Crippen LogP contribution >= 0.6 is 11.6 Å². The lowest BCUT2D eigenvalue weighted by Gasteiger charge is -2.11. The van der Waals surface area contributed by atoms with Crippen LogP contribution in [0.2, 0.25) is 5.15 Å². The number of fused-ring (bicyclic) bond motifs is 1. The molecule has 146 valence electrons. The van der Waals surface area contributed by atoms with Gasteiger partial charge in [-0.2, -0.15) is 0 Å². The highest BCUT2D eigenvalue weighted by Gasteiger charge is 2.07. The number of aromatic nitrogens is 2. The highest BCUT2D eigenvalue weighted by Crippen LogP contribution is 2.30. The normalized spacial score (nSPS) is 11.4. The van der Waals surface area contributed by atoms with Crippen LogP contribution in [0.3, 0.4) is 0 Å². The number of pyridine rings is 2. The van der Waals surface area contributed by atoms with Gasteiger partial charge in [0.1, 0.15) is 11.0 Å². The Hall–Kier alpha value is -3.16. The van der Waals surface area contributed by atoms with Gasteiger partial charge in [0.15, 0.2) is 0 Å². The van der Waals surface area contributed by atoms with Crippen molar-refractivity contribution in [3.8, 4) is 11.1 Å². The van der Waals surface area contributed by atoms with Crippen LogP contribution in [0.4, 0.5) is 17.2 Å². The molecule has 0 radical (unpaired) electrons. The van der Waals surface area contributed by atoms with Crippen LogP contribution in [0.25, 0.3) is 22.0 Å². The van der Waals surface area contributed by atoms with Crippen molar-refractivity contribution in [3.63, 3.8) is 0 Å². The van der Waals surface area contributed by atoms with E-state index < -0.39 is 10.0 Å². The lowest BCUT2D eigenvalue weighted by molar-refractivity contribution is 0.607. The molecule has 0 atom stereocenters. The Balaban J connectivity index is 1.70. The standard InChI is InChI=1S/C21H17ClN4O2S/c1-29(27,28)26-16-10-8-14(9-11-16)15-12-17-18(23-13-15)4-2-5-19(17)24-21-7-3-6-20(22)25-21/h2-13,26H,1H3,(H,24,25). The van der Waals surface area contributed by atoms with Crippen molar-refractivity contribution in [1.29, 1.82) is 0 Å². The monoisotopic (exact) mass is 424 g/mol. The van der Waals surface area contributed by atoms with Gasteiger partial charge in [0.05, 0.1) is 11.8 Å². The third-order valence-corrected chi connectivity index (χ3v) is 5.04. The van der Waals surface area contributed by atoms with Crippen molar-refractivity contribution in [2.75, 3.05) is 16.3 Å². The van der Waals surface area contributed by atoms with Gasteiger partial charge in [-0.1, -0.05) is 35.9 Å². The molecule has 4 rings (SSSR count). The maximum absolute atomic E-state index is 11.4. The number of rotatable bonds is 5. The molecular formula is C21H17ClN4O2S. The smallest absolute Gasteiger partial charge is 0.229 e. The van der Waals surface area contributed by atoms with Crippen molar-refractivity contribution < 1.29 is 8.42 Å². The lowest BCUT2D eigenvalue weighted by atomic mass is 10.0. The molecule has 0 aliphatic rings. The Morgan fingerprint density at radius 1 is 0.931 bits per heavy atom. The van der Waals surface area contributed by atoms with E-state index in [-0.39, 0.29) is 0 Å². The fourth-order valence-corrected chi connectivity index (χ4v) is 3.70. The van der Waals surface area contributed by atoms with Crippen LogP contribution in [0.5, 0.6) is 0 Å². The molecule has 4 aromatic rings. The molecule has 0 aliphatic heterocycles. The molecule has 2 heterocycles. The summed E-state index contributed by atoms with van der Waals surface area (Å²) in [5.74, 6) is 0.645.